The van der Waals surface area contributed by atoms with Crippen LogP contribution in [0.3, 0.4) is 0 Å². The number of carboxylic acid groups (broad SMARTS) is 1. The molecule has 0 unspecified atom stereocenters. The molecule has 6 nitrogen and oxygen atoms in total. The maximum absolute atomic E-state index is 12.4. The molecule has 1 saturated heterocycles. The zero-order chi connectivity index (χ0) is 14.4. The van der Waals surface area contributed by atoms with Crippen LogP contribution in [0.2, 0.25) is 0 Å². The zero-order valence-corrected chi connectivity index (χ0v) is 14.1. The van der Waals surface area contributed by atoms with Gasteiger partial charge in [0, 0.05) is 13.0 Å². The summed E-state index contributed by atoms with van der Waals surface area (Å²) in [5.74, 6) is -1.26. The molecule has 0 saturated carbocycles. The van der Waals surface area contributed by atoms with Crippen LogP contribution in [0.15, 0.2) is 18.5 Å². The molecular formula is C9H9Br2NO5S2. The highest BCUT2D eigenvalue weighted by molar-refractivity contribution is 9.12. The van der Waals surface area contributed by atoms with E-state index >= 15 is 0 Å². The normalized spacial score (nSPS) is 24.8. The van der Waals surface area contributed by atoms with Crippen LogP contribution in [0.4, 0.5) is 0 Å². The molecule has 1 fully saturated rings. The number of β-amino-alcohol motifs (C(OH)–C–C–N with tert-alkyl or cyclic N) is 1. The fourth-order valence-corrected chi connectivity index (χ4v) is 7.30. The van der Waals surface area contributed by atoms with E-state index in [0.29, 0.717) is 7.57 Å². The van der Waals surface area contributed by atoms with Gasteiger partial charge in [0.2, 0.25) is 10.0 Å². The number of hydrogen-bond acceptors (Lipinski definition) is 5. The van der Waals surface area contributed by atoms with Gasteiger partial charge in [-0.15, -0.1) is 11.3 Å². The topological polar surface area (TPSA) is 94.9 Å². The molecule has 0 aromatic carbocycles. The molecule has 1 aromatic rings. The van der Waals surface area contributed by atoms with Crippen molar-refractivity contribution in [1.82, 2.24) is 4.31 Å². The Labute approximate surface area is 130 Å². The first kappa shape index (κ1) is 15.4. The van der Waals surface area contributed by atoms with Gasteiger partial charge >= 0.3 is 5.97 Å². The van der Waals surface area contributed by atoms with Crippen LogP contribution in [0.5, 0.6) is 0 Å². The lowest BCUT2D eigenvalue weighted by molar-refractivity contribution is -0.140. The van der Waals surface area contributed by atoms with Crippen LogP contribution in [0.1, 0.15) is 6.42 Å². The third-order valence-corrected chi connectivity index (χ3v) is 7.36. The smallest absolute Gasteiger partial charge is 0.322 e. The van der Waals surface area contributed by atoms with Crippen LogP contribution in [-0.2, 0) is 14.8 Å². The van der Waals surface area contributed by atoms with E-state index in [1.807, 2.05) is 0 Å². The minimum Gasteiger partial charge on any atom is -0.480 e. The Kier molecular flexibility index (Phi) is 4.38. The number of carbonyl (C=O) groups is 1. The second kappa shape index (κ2) is 5.41. The second-order valence-corrected chi connectivity index (χ2v) is 9.62. The van der Waals surface area contributed by atoms with E-state index in [1.54, 1.807) is 0 Å². The average Bonchev–Trinajstić information content (AvgIpc) is 2.82. The van der Waals surface area contributed by atoms with E-state index in [9.17, 15) is 18.3 Å². The zero-order valence-electron chi connectivity index (χ0n) is 9.29. The molecule has 1 aliphatic heterocycles. The van der Waals surface area contributed by atoms with Crippen molar-refractivity contribution in [2.45, 2.75) is 23.5 Å². The van der Waals surface area contributed by atoms with Gasteiger partial charge in [-0.1, -0.05) is 0 Å². The molecule has 1 aliphatic rings. The van der Waals surface area contributed by atoms with Gasteiger partial charge < -0.3 is 10.2 Å². The number of nitrogens with zero attached hydrogens (tertiary/aromatic N) is 1. The van der Waals surface area contributed by atoms with Gasteiger partial charge in [0.25, 0.3) is 0 Å². The van der Waals surface area contributed by atoms with Gasteiger partial charge in [-0.25, -0.2) is 8.42 Å². The summed E-state index contributed by atoms with van der Waals surface area (Å²) >= 11 is 7.51. The number of rotatable bonds is 3. The summed E-state index contributed by atoms with van der Waals surface area (Å²) < 4.78 is 26.7. The van der Waals surface area contributed by atoms with E-state index < -0.39 is 28.1 Å². The van der Waals surface area contributed by atoms with Crippen molar-refractivity contribution in [3.05, 3.63) is 13.6 Å². The Bertz CT molecular complexity index is 614. The quantitative estimate of drug-likeness (QED) is 0.751. The molecule has 0 aliphatic carbocycles. The Morgan fingerprint density at radius 3 is 2.58 bits per heavy atom. The van der Waals surface area contributed by atoms with Crippen molar-refractivity contribution < 1.29 is 23.4 Å². The number of aliphatic hydroxyl groups is 1. The molecule has 2 heterocycles. The highest BCUT2D eigenvalue weighted by Gasteiger charge is 2.44. The van der Waals surface area contributed by atoms with E-state index in [2.05, 4.69) is 31.9 Å². The molecule has 2 N–H and O–H groups in total. The third kappa shape index (κ3) is 2.88. The molecule has 10 heteroatoms. The van der Waals surface area contributed by atoms with Crippen LogP contribution in [-0.4, -0.2) is 47.6 Å². The number of aliphatic hydroxyl groups excluding tert-OH is 1. The fourth-order valence-electron chi connectivity index (χ4n) is 1.90. The first-order valence-corrected chi connectivity index (χ1v) is 8.95. The summed E-state index contributed by atoms with van der Waals surface area (Å²) in [5, 5.41) is 18.6. The molecule has 0 bridgehead atoms. The van der Waals surface area contributed by atoms with Crippen LogP contribution in [0, 0.1) is 0 Å². The lowest BCUT2D eigenvalue weighted by Crippen LogP contribution is -2.40. The fraction of sp³-hybridized carbons (Fsp3) is 0.444. The van der Waals surface area contributed by atoms with Crippen molar-refractivity contribution >= 4 is 59.2 Å². The summed E-state index contributed by atoms with van der Waals surface area (Å²) in [7, 11) is -3.95. The molecule has 106 valence electrons. The van der Waals surface area contributed by atoms with Crippen molar-refractivity contribution in [3.63, 3.8) is 0 Å². The SMILES string of the molecule is O=C(O)[C@@H]1C[C@@H](O)CN1S(=O)(=O)c1cc(Br)sc1Br. The van der Waals surface area contributed by atoms with Gasteiger partial charge in [0.1, 0.15) is 10.9 Å². The largest absolute Gasteiger partial charge is 0.480 e. The Balaban J connectivity index is 2.44. The average molecular weight is 435 g/mol. The van der Waals surface area contributed by atoms with Crippen molar-refractivity contribution in [2.24, 2.45) is 0 Å². The molecular weight excluding hydrogens is 426 g/mol. The number of hydrogen-bond donors (Lipinski definition) is 2. The third-order valence-electron chi connectivity index (χ3n) is 2.73. The van der Waals surface area contributed by atoms with Crippen LogP contribution < -0.4 is 0 Å². The molecule has 0 radical (unpaired) electrons. The van der Waals surface area contributed by atoms with E-state index in [0.717, 1.165) is 4.31 Å². The number of thiophene rings is 1. The highest BCUT2D eigenvalue weighted by Crippen LogP contribution is 2.38. The van der Waals surface area contributed by atoms with Gasteiger partial charge in [-0.05, 0) is 37.9 Å². The van der Waals surface area contributed by atoms with Crippen LogP contribution >= 0.6 is 43.2 Å². The van der Waals surface area contributed by atoms with Crippen molar-refractivity contribution in [1.29, 1.82) is 0 Å². The summed E-state index contributed by atoms with van der Waals surface area (Å²) in [4.78, 5) is 11.1. The first-order chi connectivity index (χ1) is 8.73. The maximum atomic E-state index is 12.4. The number of halogens is 2. The maximum Gasteiger partial charge on any atom is 0.322 e. The minimum absolute atomic E-state index is 0.00438. The molecule has 2 rings (SSSR count). The highest BCUT2D eigenvalue weighted by atomic mass is 79.9. The van der Waals surface area contributed by atoms with Gasteiger partial charge in [0.15, 0.2) is 0 Å². The van der Waals surface area contributed by atoms with Crippen molar-refractivity contribution in [3.8, 4) is 0 Å². The standard InChI is InChI=1S/C9H9Br2NO5S2/c10-7-2-6(8(11)18-7)19(16,17)12-3-4(13)1-5(12)9(14)15/h2,4-5,13H,1,3H2,(H,14,15)/t4-,5+/m1/s1. The van der Waals surface area contributed by atoms with E-state index in [4.69, 9.17) is 5.11 Å². The molecule has 19 heavy (non-hydrogen) atoms. The predicted molar refractivity (Wildman–Crippen MR) is 75.7 cm³/mol. The second-order valence-electron chi connectivity index (χ2n) is 4.01. The molecule has 0 amide bonds. The first-order valence-electron chi connectivity index (χ1n) is 5.11. The summed E-state index contributed by atoms with van der Waals surface area (Å²) in [5.41, 5.74) is 0. The van der Waals surface area contributed by atoms with Crippen LogP contribution in [0.25, 0.3) is 0 Å². The lowest BCUT2D eigenvalue weighted by Gasteiger charge is -2.20. The summed E-state index contributed by atoms with van der Waals surface area (Å²) in [6.07, 6.45) is -1.06. The predicted octanol–water partition coefficient (Wildman–Crippen LogP) is 1.48. The van der Waals surface area contributed by atoms with Gasteiger partial charge in [-0.3, -0.25) is 4.79 Å². The Hall–Kier alpha value is -0.000000000000000333. The Morgan fingerprint density at radius 2 is 2.11 bits per heavy atom. The number of aliphatic carboxylic acids is 1. The van der Waals surface area contributed by atoms with Gasteiger partial charge in [0.05, 0.1) is 13.7 Å². The number of carboxylic acids is 1. The van der Waals surface area contributed by atoms with E-state index in [1.165, 1.54) is 17.4 Å². The Morgan fingerprint density at radius 1 is 1.47 bits per heavy atom. The van der Waals surface area contributed by atoms with Gasteiger partial charge in [-0.2, -0.15) is 4.31 Å². The summed E-state index contributed by atoms with van der Waals surface area (Å²) in [6.45, 7) is -0.209. The van der Waals surface area contributed by atoms with E-state index in [-0.39, 0.29) is 17.9 Å². The molecule has 2 atom stereocenters. The number of sulfonamides is 1. The summed E-state index contributed by atoms with van der Waals surface area (Å²) in [6, 6.07) is 0.179. The molecule has 0 spiro atoms. The monoisotopic (exact) mass is 433 g/mol. The minimum atomic E-state index is -3.95. The lowest BCUT2D eigenvalue weighted by atomic mass is 10.2. The molecule has 1 aromatic heterocycles. The van der Waals surface area contributed by atoms with Crippen molar-refractivity contribution in [2.75, 3.05) is 6.54 Å².